The number of aromatic nitrogens is 2. The summed E-state index contributed by atoms with van der Waals surface area (Å²) in [5, 5.41) is 2.93. The molecule has 32 heavy (non-hydrogen) atoms. The predicted molar refractivity (Wildman–Crippen MR) is 123 cm³/mol. The van der Waals surface area contributed by atoms with E-state index in [1.807, 2.05) is 35.0 Å². The second kappa shape index (κ2) is 9.07. The fourth-order valence-corrected chi connectivity index (χ4v) is 4.47. The maximum Gasteiger partial charge on any atom is 0.261 e. The molecule has 1 amide bonds. The summed E-state index contributed by atoms with van der Waals surface area (Å²) in [7, 11) is -3.70. The molecule has 0 saturated carbocycles. The summed E-state index contributed by atoms with van der Waals surface area (Å²) >= 11 is 0. The normalized spacial score (nSPS) is 11.2. The average Bonchev–Trinajstić information content (AvgIpc) is 3.34. The van der Waals surface area contributed by atoms with Gasteiger partial charge in [0.25, 0.3) is 15.9 Å². The number of benzene rings is 3. The van der Waals surface area contributed by atoms with Crippen LogP contribution in [0, 0.1) is 6.92 Å². The molecule has 1 heterocycles. The summed E-state index contributed by atoms with van der Waals surface area (Å²) in [5.41, 5.74) is 3.41. The van der Waals surface area contributed by atoms with E-state index in [0.717, 1.165) is 11.3 Å². The van der Waals surface area contributed by atoms with Crippen LogP contribution in [0.4, 0.5) is 5.69 Å². The number of hydrogen-bond donors (Lipinski definition) is 2. The highest BCUT2D eigenvalue weighted by Gasteiger charge is 2.16. The number of imidazole rings is 1. The smallest absolute Gasteiger partial charge is 0.261 e. The Morgan fingerprint density at radius 3 is 2.47 bits per heavy atom. The maximum absolute atomic E-state index is 12.7. The van der Waals surface area contributed by atoms with Crippen LogP contribution in [0.1, 0.15) is 21.5 Å². The summed E-state index contributed by atoms with van der Waals surface area (Å²) in [5.74, 6) is -0.244. The highest BCUT2D eigenvalue weighted by atomic mass is 32.2. The molecule has 4 aromatic rings. The Kier molecular flexibility index (Phi) is 6.04. The van der Waals surface area contributed by atoms with E-state index in [1.165, 1.54) is 12.1 Å². The van der Waals surface area contributed by atoms with Gasteiger partial charge in [-0.1, -0.05) is 36.4 Å². The minimum atomic E-state index is -3.70. The van der Waals surface area contributed by atoms with Crippen molar-refractivity contribution in [2.24, 2.45) is 0 Å². The van der Waals surface area contributed by atoms with E-state index < -0.39 is 10.0 Å². The van der Waals surface area contributed by atoms with E-state index in [1.54, 1.807) is 55.8 Å². The number of sulfonamides is 1. The molecule has 7 nitrogen and oxygen atoms in total. The lowest BCUT2D eigenvalue weighted by Crippen LogP contribution is -2.23. The summed E-state index contributed by atoms with van der Waals surface area (Å²) in [6.07, 6.45) is 5.25. The highest BCUT2D eigenvalue weighted by Crippen LogP contribution is 2.21. The van der Waals surface area contributed by atoms with Gasteiger partial charge in [-0.3, -0.25) is 9.52 Å². The van der Waals surface area contributed by atoms with Crippen molar-refractivity contribution < 1.29 is 13.2 Å². The molecule has 0 saturated heterocycles. The summed E-state index contributed by atoms with van der Waals surface area (Å²) in [6, 6.07) is 20.8. The lowest BCUT2D eigenvalue weighted by atomic mass is 10.1. The molecule has 8 heteroatoms. The Morgan fingerprint density at radius 2 is 1.75 bits per heavy atom. The Labute approximate surface area is 186 Å². The number of para-hydroxylation sites is 1. The highest BCUT2D eigenvalue weighted by molar-refractivity contribution is 7.92. The maximum atomic E-state index is 12.7. The van der Waals surface area contributed by atoms with Crippen LogP contribution in [-0.4, -0.2) is 23.9 Å². The molecule has 1 aromatic heterocycles. The van der Waals surface area contributed by atoms with Gasteiger partial charge in [0.05, 0.1) is 22.6 Å². The van der Waals surface area contributed by atoms with Gasteiger partial charge in [0.1, 0.15) is 0 Å². The van der Waals surface area contributed by atoms with E-state index in [0.29, 0.717) is 23.4 Å². The third-order valence-electron chi connectivity index (χ3n) is 5.00. The van der Waals surface area contributed by atoms with Crippen LogP contribution < -0.4 is 10.0 Å². The second-order valence-corrected chi connectivity index (χ2v) is 8.91. The number of anilines is 1. The SMILES string of the molecule is Cc1cc(C(=O)NCc2ccccc2-n2ccnc2)ccc1NS(=O)(=O)c1ccccc1. The van der Waals surface area contributed by atoms with Gasteiger partial charge >= 0.3 is 0 Å². The lowest BCUT2D eigenvalue weighted by molar-refractivity contribution is 0.0951. The molecule has 2 N–H and O–H groups in total. The average molecular weight is 447 g/mol. The standard InChI is InChI=1S/C24H22N4O3S/c1-18-15-19(11-12-22(18)27-32(30,31)21-8-3-2-4-9-21)24(29)26-16-20-7-5-6-10-23(20)28-14-13-25-17-28/h2-15,17,27H,16H2,1H3,(H,26,29). The lowest BCUT2D eigenvalue weighted by Gasteiger charge is -2.13. The van der Waals surface area contributed by atoms with Crippen LogP contribution in [0.3, 0.4) is 0 Å². The second-order valence-electron chi connectivity index (χ2n) is 7.23. The van der Waals surface area contributed by atoms with Crippen LogP contribution in [0.15, 0.2) is 96.4 Å². The zero-order valence-corrected chi connectivity index (χ0v) is 18.2. The van der Waals surface area contributed by atoms with Gasteiger partial charge in [0, 0.05) is 24.5 Å². The van der Waals surface area contributed by atoms with Crippen LogP contribution in [0.25, 0.3) is 5.69 Å². The molecule has 0 atom stereocenters. The molecule has 0 aliphatic heterocycles. The number of nitrogens with one attached hydrogen (secondary N) is 2. The van der Waals surface area contributed by atoms with Crippen LogP contribution in [0.5, 0.6) is 0 Å². The Bertz CT molecular complexity index is 1330. The molecule has 0 unspecified atom stereocenters. The number of hydrogen-bond acceptors (Lipinski definition) is 4. The number of carbonyl (C=O) groups excluding carboxylic acids is 1. The van der Waals surface area contributed by atoms with Crippen LogP contribution >= 0.6 is 0 Å². The third kappa shape index (κ3) is 4.70. The molecule has 0 bridgehead atoms. The fourth-order valence-electron chi connectivity index (χ4n) is 3.31. The van der Waals surface area contributed by atoms with Gasteiger partial charge in [-0.2, -0.15) is 0 Å². The van der Waals surface area contributed by atoms with E-state index in [2.05, 4.69) is 15.0 Å². The quantitative estimate of drug-likeness (QED) is 0.450. The number of amides is 1. The van der Waals surface area contributed by atoms with Gasteiger partial charge in [0.15, 0.2) is 0 Å². The van der Waals surface area contributed by atoms with Gasteiger partial charge in [-0.15, -0.1) is 0 Å². The van der Waals surface area contributed by atoms with Gasteiger partial charge in [-0.05, 0) is 54.4 Å². The minimum absolute atomic E-state index is 0.178. The molecular weight excluding hydrogens is 424 g/mol. The van der Waals surface area contributed by atoms with Crippen molar-refractivity contribution in [3.8, 4) is 5.69 Å². The molecule has 0 aliphatic rings. The molecule has 0 fully saturated rings. The monoisotopic (exact) mass is 446 g/mol. The van der Waals surface area contributed by atoms with Crippen LogP contribution in [0.2, 0.25) is 0 Å². The van der Waals surface area contributed by atoms with E-state index >= 15 is 0 Å². The first kappa shape index (κ1) is 21.3. The van der Waals surface area contributed by atoms with Crippen molar-refractivity contribution in [1.82, 2.24) is 14.9 Å². The number of rotatable bonds is 7. The molecule has 0 aliphatic carbocycles. The van der Waals surface area contributed by atoms with Gasteiger partial charge < -0.3 is 9.88 Å². The first-order valence-corrected chi connectivity index (χ1v) is 11.5. The molecule has 3 aromatic carbocycles. The molecule has 0 spiro atoms. The minimum Gasteiger partial charge on any atom is -0.348 e. The van der Waals surface area contributed by atoms with E-state index in [9.17, 15) is 13.2 Å². The zero-order chi connectivity index (χ0) is 22.6. The molecule has 0 radical (unpaired) electrons. The fraction of sp³-hybridized carbons (Fsp3) is 0.0833. The Balaban J connectivity index is 1.46. The summed E-state index contributed by atoms with van der Waals surface area (Å²) in [6.45, 7) is 2.10. The first-order chi connectivity index (χ1) is 15.4. The van der Waals surface area contributed by atoms with Crippen molar-refractivity contribution in [2.45, 2.75) is 18.4 Å². The summed E-state index contributed by atoms with van der Waals surface area (Å²) < 4.78 is 29.6. The number of aryl methyl sites for hydroxylation is 1. The molecule has 162 valence electrons. The van der Waals surface area contributed by atoms with Crippen LogP contribution in [-0.2, 0) is 16.6 Å². The largest absolute Gasteiger partial charge is 0.348 e. The zero-order valence-electron chi connectivity index (χ0n) is 17.4. The van der Waals surface area contributed by atoms with E-state index in [-0.39, 0.29) is 10.8 Å². The molecular formula is C24H22N4O3S. The van der Waals surface area contributed by atoms with E-state index in [4.69, 9.17) is 0 Å². The predicted octanol–water partition coefficient (Wildman–Crippen LogP) is 3.91. The Morgan fingerprint density at radius 1 is 1.00 bits per heavy atom. The number of nitrogens with zero attached hydrogens (tertiary/aromatic N) is 2. The number of carbonyl (C=O) groups is 1. The van der Waals surface area contributed by atoms with Crippen molar-refractivity contribution in [1.29, 1.82) is 0 Å². The van der Waals surface area contributed by atoms with Gasteiger partial charge in [-0.25, -0.2) is 13.4 Å². The van der Waals surface area contributed by atoms with Crippen molar-refractivity contribution in [3.05, 3.63) is 108 Å². The third-order valence-corrected chi connectivity index (χ3v) is 6.38. The van der Waals surface area contributed by atoms with Crippen molar-refractivity contribution >= 4 is 21.6 Å². The Hall–Kier alpha value is -3.91. The van der Waals surface area contributed by atoms with Crippen molar-refractivity contribution in [3.63, 3.8) is 0 Å². The first-order valence-electron chi connectivity index (χ1n) is 9.97. The van der Waals surface area contributed by atoms with Crippen molar-refractivity contribution in [2.75, 3.05) is 4.72 Å². The summed E-state index contributed by atoms with van der Waals surface area (Å²) in [4.78, 5) is 17.0. The molecule has 4 rings (SSSR count). The van der Waals surface area contributed by atoms with Gasteiger partial charge in [0.2, 0.25) is 0 Å². The topological polar surface area (TPSA) is 93.1 Å².